The van der Waals surface area contributed by atoms with Crippen molar-refractivity contribution in [3.63, 3.8) is 0 Å². The maximum atomic E-state index is 11.5. The van der Waals surface area contributed by atoms with E-state index in [1.165, 1.54) is 0 Å². The second kappa shape index (κ2) is 6.15. The molecule has 1 aliphatic rings. The molecule has 0 saturated carbocycles. The fourth-order valence-corrected chi connectivity index (χ4v) is 3.03. The normalized spacial score (nSPS) is 22.4. The van der Waals surface area contributed by atoms with Gasteiger partial charge in [0.15, 0.2) is 0 Å². The van der Waals surface area contributed by atoms with Crippen LogP contribution in [0.2, 0.25) is 5.02 Å². The van der Waals surface area contributed by atoms with Crippen molar-refractivity contribution in [3.8, 4) is 6.07 Å². The van der Waals surface area contributed by atoms with Crippen molar-refractivity contribution in [3.05, 3.63) is 28.8 Å². The predicted molar refractivity (Wildman–Crippen MR) is 78.0 cm³/mol. The van der Waals surface area contributed by atoms with Crippen molar-refractivity contribution in [2.24, 2.45) is 5.92 Å². The van der Waals surface area contributed by atoms with Crippen molar-refractivity contribution in [2.45, 2.75) is 32.2 Å². The van der Waals surface area contributed by atoms with Crippen LogP contribution in [0.3, 0.4) is 0 Å². The molecule has 1 saturated heterocycles. The average Bonchev–Trinajstić information content (AvgIpc) is 2.46. The van der Waals surface area contributed by atoms with Gasteiger partial charge in [0, 0.05) is 6.54 Å². The van der Waals surface area contributed by atoms with Crippen molar-refractivity contribution in [2.75, 3.05) is 11.4 Å². The van der Waals surface area contributed by atoms with Gasteiger partial charge in [0.1, 0.15) is 6.04 Å². The average molecular weight is 293 g/mol. The molecule has 20 heavy (non-hydrogen) atoms. The van der Waals surface area contributed by atoms with Crippen LogP contribution >= 0.6 is 11.6 Å². The lowest BCUT2D eigenvalue weighted by Gasteiger charge is -2.39. The van der Waals surface area contributed by atoms with Crippen LogP contribution in [0.25, 0.3) is 0 Å². The first-order valence-electron chi connectivity index (χ1n) is 6.76. The summed E-state index contributed by atoms with van der Waals surface area (Å²) in [6, 6.07) is 6.48. The number of carboxylic acids is 1. The Kier molecular flexibility index (Phi) is 4.51. The van der Waals surface area contributed by atoms with Gasteiger partial charge in [-0.1, -0.05) is 24.9 Å². The Balaban J connectivity index is 2.31. The molecule has 106 valence electrons. The van der Waals surface area contributed by atoms with Crippen molar-refractivity contribution >= 4 is 23.3 Å². The number of nitriles is 1. The van der Waals surface area contributed by atoms with Gasteiger partial charge in [-0.3, -0.25) is 0 Å². The maximum absolute atomic E-state index is 11.5. The molecule has 0 bridgehead atoms. The molecule has 1 aromatic carbocycles. The Morgan fingerprint density at radius 3 is 2.90 bits per heavy atom. The van der Waals surface area contributed by atoms with Gasteiger partial charge in [-0.05, 0) is 37.0 Å². The Morgan fingerprint density at radius 2 is 2.35 bits per heavy atom. The first-order valence-corrected chi connectivity index (χ1v) is 7.13. The summed E-state index contributed by atoms with van der Waals surface area (Å²) in [7, 11) is 0. The molecular formula is C15H17ClN2O2. The van der Waals surface area contributed by atoms with Crippen LogP contribution in [0.4, 0.5) is 5.69 Å². The second-order valence-corrected chi connectivity index (χ2v) is 5.53. The number of halogens is 1. The molecule has 1 aromatic rings. The zero-order chi connectivity index (χ0) is 14.7. The first-order chi connectivity index (χ1) is 9.56. The van der Waals surface area contributed by atoms with Gasteiger partial charge < -0.3 is 10.0 Å². The molecule has 1 N–H and O–H groups in total. The molecule has 2 atom stereocenters. The number of anilines is 1. The van der Waals surface area contributed by atoms with Gasteiger partial charge in [0.2, 0.25) is 0 Å². The predicted octanol–water partition coefficient (Wildman–Crippen LogP) is 3.29. The number of piperidine rings is 1. The van der Waals surface area contributed by atoms with E-state index >= 15 is 0 Å². The topological polar surface area (TPSA) is 64.3 Å². The number of hydrogen-bond acceptors (Lipinski definition) is 3. The Hall–Kier alpha value is -1.73. The van der Waals surface area contributed by atoms with Gasteiger partial charge in [0.25, 0.3) is 0 Å². The minimum absolute atomic E-state index is 0.435. The van der Waals surface area contributed by atoms with E-state index in [-0.39, 0.29) is 0 Å². The lowest BCUT2D eigenvalue weighted by molar-refractivity contribution is -0.139. The van der Waals surface area contributed by atoms with Crippen molar-refractivity contribution in [1.29, 1.82) is 5.26 Å². The second-order valence-electron chi connectivity index (χ2n) is 5.12. The molecule has 0 aromatic heterocycles. The molecule has 4 nitrogen and oxygen atoms in total. The Bertz CT molecular complexity index is 553. The third kappa shape index (κ3) is 2.88. The molecule has 5 heteroatoms. The minimum atomic E-state index is -0.816. The molecule has 0 amide bonds. The Morgan fingerprint density at radius 1 is 1.60 bits per heavy atom. The highest BCUT2D eigenvalue weighted by Gasteiger charge is 2.33. The van der Waals surface area contributed by atoms with Gasteiger partial charge in [0.05, 0.1) is 22.3 Å². The largest absolute Gasteiger partial charge is 0.480 e. The number of carboxylic acid groups (broad SMARTS) is 1. The van der Waals surface area contributed by atoms with E-state index in [9.17, 15) is 9.90 Å². The summed E-state index contributed by atoms with van der Waals surface area (Å²) in [6.45, 7) is 2.77. The molecule has 0 aliphatic carbocycles. The number of nitrogens with zero attached hydrogens (tertiary/aromatic N) is 2. The zero-order valence-electron chi connectivity index (χ0n) is 11.3. The lowest BCUT2D eigenvalue weighted by Crippen LogP contribution is -2.47. The molecule has 1 aliphatic heterocycles. The summed E-state index contributed by atoms with van der Waals surface area (Å²) < 4.78 is 0. The standard InChI is InChI=1S/C15H17ClN2O2/c1-2-10-5-6-18(14(8-10)15(19)20)13-4-3-11(9-17)7-12(13)16/h3-4,7,10,14H,2,5-6,8H2,1H3,(H,19,20). The highest BCUT2D eigenvalue weighted by Crippen LogP contribution is 2.34. The molecule has 0 spiro atoms. The van der Waals surface area contributed by atoms with E-state index < -0.39 is 12.0 Å². The summed E-state index contributed by atoms with van der Waals surface area (Å²) in [6.07, 6.45) is 2.61. The number of benzene rings is 1. The molecule has 2 rings (SSSR count). The van der Waals surface area contributed by atoms with E-state index in [2.05, 4.69) is 6.92 Å². The zero-order valence-corrected chi connectivity index (χ0v) is 12.1. The van der Waals surface area contributed by atoms with Crippen molar-refractivity contribution in [1.82, 2.24) is 0 Å². The molecular weight excluding hydrogens is 276 g/mol. The van der Waals surface area contributed by atoms with Gasteiger partial charge in [-0.15, -0.1) is 0 Å². The number of rotatable bonds is 3. The van der Waals surface area contributed by atoms with E-state index in [0.717, 1.165) is 12.8 Å². The third-order valence-corrected chi connectivity index (χ3v) is 4.26. The van der Waals surface area contributed by atoms with Crippen molar-refractivity contribution < 1.29 is 9.90 Å². The molecule has 1 fully saturated rings. The van der Waals surface area contributed by atoms with E-state index in [1.807, 2.05) is 11.0 Å². The quantitative estimate of drug-likeness (QED) is 0.928. The van der Waals surface area contributed by atoms with Crippen LogP contribution in [0, 0.1) is 17.2 Å². The molecule has 0 radical (unpaired) electrons. The first kappa shape index (κ1) is 14.7. The van der Waals surface area contributed by atoms with Gasteiger partial charge >= 0.3 is 5.97 Å². The summed E-state index contributed by atoms with van der Waals surface area (Å²) in [5, 5.41) is 18.7. The summed E-state index contributed by atoms with van der Waals surface area (Å²) >= 11 is 6.20. The lowest BCUT2D eigenvalue weighted by atomic mass is 9.88. The van der Waals surface area contributed by atoms with Crippen LogP contribution < -0.4 is 4.90 Å². The SMILES string of the molecule is CCC1CCN(c2ccc(C#N)cc2Cl)C(C(=O)O)C1. The van der Waals surface area contributed by atoms with E-state index in [1.54, 1.807) is 18.2 Å². The number of hydrogen-bond donors (Lipinski definition) is 1. The maximum Gasteiger partial charge on any atom is 0.326 e. The smallest absolute Gasteiger partial charge is 0.326 e. The molecule has 2 unspecified atom stereocenters. The fourth-order valence-electron chi connectivity index (χ4n) is 2.74. The van der Waals surface area contributed by atoms with Crippen LogP contribution in [0.15, 0.2) is 18.2 Å². The van der Waals surface area contributed by atoms with Gasteiger partial charge in [-0.2, -0.15) is 5.26 Å². The summed E-state index contributed by atoms with van der Waals surface area (Å²) in [5.41, 5.74) is 1.18. The van der Waals surface area contributed by atoms with E-state index in [0.29, 0.717) is 35.2 Å². The number of aliphatic carboxylic acids is 1. The highest BCUT2D eigenvalue weighted by atomic mass is 35.5. The van der Waals surface area contributed by atoms with Crippen LogP contribution in [0.5, 0.6) is 0 Å². The fraction of sp³-hybridized carbons (Fsp3) is 0.467. The summed E-state index contributed by atoms with van der Waals surface area (Å²) in [4.78, 5) is 13.3. The summed E-state index contributed by atoms with van der Waals surface area (Å²) in [5.74, 6) is -0.368. The minimum Gasteiger partial charge on any atom is -0.480 e. The van der Waals surface area contributed by atoms with E-state index in [4.69, 9.17) is 16.9 Å². The number of carbonyl (C=O) groups is 1. The van der Waals surface area contributed by atoms with Crippen LogP contribution in [-0.2, 0) is 4.79 Å². The van der Waals surface area contributed by atoms with Crippen LogP contribution in [-0.4, -0.2) is 23.7 Å². The monoisotopic (exact) mass is 292 g/mol. The van der Waals surface area contributed by atoms with Gasteiger partial charge in [-0.25, -0.2) is 4.79 Å². The Labute approximate surface area is 123 Å². The highest BCUT2D eigenvalue weighted by molar-refractivity contribution is 6.33. The third-order valence-electron chi connectivity index (χ3n) is 3.96. The van der Waals surface area contributed by atoms with Crippen LogP contribution in [0.1, 0.15) is 31.7 Å². The molecule has 1 heterocycles.